The number of thiol groups is 1. The van der Waals surface area contributed by atoms with Gasteiger partial charge in [-0.05, 0) is 56.7 Å². The van der Waals surface area contributed by atoms with E-state index in [9.17, 15) is 0 Å². The highest BCUT2D eigenvalue weighted by Crippen LogP contribution is 2.37. The van der Waals surface area contributed by atoms with E-state index in [1.165, 1.54) is 27.5 Å². The number of nitrogens with one attached hydrogen (secondary N) is 1. The van der Waals surface area contributed by atoms with Crippen molar-refractivity contribution in [1.82, 2.24) is 5.43 Å². The van der Waals surface area contributed by atoms with Crippen LogP contribution in [0.1, 0.15) is 49.9 Å². The van der Waals surface area contributed by atoms with Gasteiger partial charge in [-0.25, -0.2) is 0 Å². The van der Waals surface area contributed by atoms with E-state index in [2.05, 4.69) is 87.4 Å². The Kier molecular flexibility index (Phi) is 4.86. The minimum absolute atomic E-state index is 0.0331. The Labute approximate surface area is 150 Å². The van der Waals surface area contributed by atoms with Crippen LogP contribution in [0.5, 0.6) is 0 Å². The van der Waals surface area contributed by atoms with Gasteiger partial charge in [-0.1, -0.05) is 63.3 Å². The quantitative estimate of drug-likeness (QED) is 0.402. The molecule has 1 aliphatic rings. The van der Waals surface area contributed by atoms with Gasteiger partial charge in [0.2, 0.25) is 0 Å². The first-order chi connectivity index (χ1) is 11.4. The van der Waals surface area contributed by atoms with Crippen molar-refractivity contribution in [2.45, 2.75) is 39.7 Å². The molecule has 1 aliphatic carbocycles. The van der Waals surface area contributed by atoms with Gasteiger partial charge in [-0.2, -0.15) is 0 Å². The molecule has 0 spiro atoms. The van der Waals surface area contributed by atoms with Crippen molar-refractivity contribution in [3.05, 3.63) is 64.1 Å². The Balaban J connectivity index is 2.24. The highest BCUT2D eigenvalue weighted by Gasteiger charge is 2.26. The van der Waals surface area contributed by atoms with Crippen molar-refractivity contribution in [2.24, 2.45) is 11.3 Å². The molecule has 0 aromatic heterocycles. The van der Waals surface area contributed by atoms with Crippen molar-refractivity contribution >= 4 is 29.5 Å². The number of hydrogen-bond acceptors (Lipinski definition) is 3. The molecule has 2 nitrogen and oxygen atoms in total. The summed E-state index contributed by atoms with van der Waals surface area (Å²) in [6.45, 7) is 6.63. The molecule has 3 N–H and O–H groups in total. The molecule has 0 saturated carbocycles. The summed E-state index contributed by atoms with van der Waals surface area (Å²) in [6.07, 6.45) is 8.35. The molecule has 2 bridgehead atoms. The summed E-state index contributed by atoms with van der Waals surface area (Å²) >= 11 is 4.58. The van der Waals surface area contributed by atoms with Gasteiger partial charge in [0.1, 0.15) is 0 Å². The van der Waals surface area contributed by atoms with Crippen LogP contribution in [0.4, 0.5) is 0 Å². The van der Waals surface area contributed by atoms with Gasteiger partial charge in [-0.15, -0.1) is 12.6 Å². The molecule has 0 amide bonds. The molecule has 0 fully saturated rings. The summed E-state index contributed by atoms with van der Waals surface area (Å²) < 4.78 is 0. The lowest BCUT2D eigenvalue weighted by Crippen LogP contribution is -2.37. The predicted octanol–water partition coefficient (Wildman–Crippen LogP) is 5.16. The van der Waals surface area contributed by atoms with E-state index in [0.29, 0.717) is 0 Å². The highest BCUT2D eigenvalue weighted by molar-refractivity contribution is 7.84. The molecule has 0 aliphatic heterocycles. The topological polar surface area (TPSA) is 38.0 Å². The fraction of sp³-hybridized carbons (Fsp3) is 0.333. The molecule has 2 aromatic rings. The molecule has 0 heterocycles. The SMILES string of the molecule is CC(C)(C)C(NN)c1ccc2c3cc(ccc13)/C=C\C/C(S)=C/C2. The summed E-state index contributed by atoms with van der Waals surface area (Å²) in [6, 6.07) is 11.3. The van der Waals surface area contributed by atoms with Crippen LogP contribution < -0.4 is 11.3 Å². The maximum absolute atomic E-state index is 5.90. The van der Waals surface area contributed by atoms with E-state index >= 15 is 0 Å². The van der Waals surface area contributed by atoms with Crippen LogP contribution in [0.15, 0.2) is 47.4 Å². The fourth-order valence-electron chi connectivity index (χ4n) is 3.42. The van der Waals surface area contributed by atoms with Crippen LogP contribution in [0.25, 0.3) is 16.8 Å². The van der Waals surface area contributed by atoms with Crippen molar-refractivity contribution in [2.75, 3.05) is 0 Å². The van der Waals surface area contributed by atoms with Crippen molar-refractivity contribution in [3.8, 4) is 0 Å². The standard InChI is InChI=1S/C21H26N2S/c1-21(2,3)20(23-22)18-12-9-15-8-10-16(24)6-4-5-14-7-11-17(18)19(15)13-14/h4-5,7,9-13,20,23-24H,6,8,22H2,1-3H3/b5-4-,16-10-. The molecule has 1 unspecified atom stereocenters. The normalized spacial score (nSPS) is 19.8. The van der Waals surface area contributed by atoms with Gasteiger partial charge in [0.05, 0.1) is 6.04 Å². The molecule has 3 rings (SSSR count). The van der Waals surface area contributed by atoms with Crippen LogP contribution in [-0.4, -0.2) is 0 Å². The van der Waals surface area contributed by atoms with Crippen LogP contribution in [0, 0.1) is 5.41 Å². The molecule has 0 radical (unpaired) electrons. The number of benzene rings is 2. The van der Waals surface area contributed by atoms with Crippen LogP contribution in [0.3, 0.4) is 0 Å². The van der Waals surface area contributed by atoms with Gasteiger partial charge >= 0.3 is 0 Å². The Morgan fingerprint density at radius 1 is 1.08 bits per heavy atom. The highest BCUT2D eigenvalue weighted by atomic mass is 32.1. The van der Waals surface area contributed by atoms with Gasteiger partial charge in [-0.3, -0.25) is 11.3 Å². The third-order valence-corrected chi connectivity index (χ3v) is 5.07. The molecule has 1 atom stereocenters. The summed E-state index contributed by atoms with van der Waals surface area (Å²) in [4.78, 5) is 1.12. The summed E-state index contributed by atoms with van der Waals surface area (Å²) in [5, 5.41) is 2.58. The van der Waals surface area contributed by atoms with Crippen LogP contribution in [0.2, 0.25) is 0 Å². The Bertz CT molecular complexity index is 812. The lowest BCUT2D eigenvalue weighted by molar-refractivity contribution is 0.277. The average molecular weight is 339 g/mol. The van der Waals surface area contributed by atoms with Gasteiger partial charge in [0, 0.05) is 0 Å². The third kappa shape index (κ3) is 3.44. The third-order valence-electron chi connectivity index (χ3n) is 4.70. The van der Waals surface area contributed by atoms with Gasteiger partial charge < -0.3 is 0 Å². The maximum Gasteiger partial charge on any atom is 0.0514 e. The second-order valence-electron chi connectivity index (χ2n) is 7.59. The van der Waals surface area contributed by atoms with Crippen LogP contribution >= 0.6 is 12.6 Å². The molecular formula is C21H26N2S. The molecule has 3 heteroatoms. The number of rotatable bonds is 2. The van der Waals surface area contributed by atoms with E-state index < -0.39 is 0 Å². The maximum atomic E-state index is 5.90. The number of hydrazine groups is 1. The number of hydrogen-bond donors (Lipinski definition) is 3. The zero-order valence-electron chi connectivity index (χ0n) is 14.6. The van der Waals surface area contributed by atoms with Gasteiger partial charge in [0.25, 0.3) is 0 Å². The first-order valence-electron chi connectivity index (χ1n) is 8.46. The zero-order valence-corrected chi connectivity index (χ0v) is 15.5. The van der Waals surface area contributed by atoms with E-state index in [4.69, 9.17) is 5.84 Å². The average Bonchev–Trinajstić information content (AvgIpc) is 2.53. The summed E-state index contributed by atoms with van der Waals surface area (Å²) in [5.74, 6) is 5.90. The number of allylic oxidation sites excluding steroid dienone is 3. The van der Waals surface area contributed by atoms with Crippen LogP contribution in [-0.2, 0) is 6.42 Å². The molecule has 0 saturated heterocycles. The Morgan fingerprint density at radius 3 is 2.58 bits per heavy atom. The van der Waals surface area contributed by atoms with E-state index in [0.717, 1.165) is 17.7 Å². The van der Waals surface area contributed by atoms with E-state index in [1.54, 1.807) is 0 Å². The van der Waals surface area contributed by atoms with Crippen molar-refractivity contribution < 1.29 is 0 Å². The smallest absolute Gasteiger partial charge is 0.0514 e. The molecule has 126 valence electrons. The monoisotopic (exact) mass is 338 g/mol. The first kappa shape index (κ1) is 17.3. The minimum atomic E-state index is 0.0331. The summed E-state index contributed by atoms with van der Waals surface area (Å²) in [5.41, 5.74) is 6.88. The minimum Gasteiger partial charge on any atom is -0.271 e. The Hall–Kier alpha value is -1.55. The lowest BCUT2D eigenvalue weighted by atomic mass is 9.80. The van der Waals surface area contributed by atoms with Crippen molar-refractivity contribution in [3.63, 3.8) is 0 Å². The lowest BCUT2D eigenvalue weighted by Gasteiger charge is -2.31. The molecule has 2 aromatic carbocycles. The summed E-state index contributed by atoms with van der Waals surface area (Å²) in [7, 11) is 0. The second-order valence-corrected chi connectivity index (χ2v) is 8.17. The second kappa shape index (κ2) is 6.75. The fourth-order valence-corrected chi connectivity index (χ4v) is 3.61. The van der Waals surface area contributed by atoms with E-state index in [1.807, 2.05) is 0 Å². The predicted molar refractivity (Wildman–Crippen MR) is 108 cm³/mol. The van der Waals surface area contributed by atoms with E-state index in [-0.39, 0.29) is 11.5 Å². The van der Waals surface area contributed by atoms with Crippen molar-refractivity contribution in [1.29, 1.82) is 0 Å². The van der Waals surface area contributed by atoms with Gasteiger partial charge in [0.15, 0.2) is 0 Å². The molecular weight excluding hydrogens is 312 g/mol. The largest absolute Gasteiger partial charge is 0.271 e. The number of fused-ring (bicyclic) bond motifs is 1. The first-order valence-corrected chi connectivity index (χ1v) is 8.91. The Morgan fingerprint density at radius 2 is 1.88 bits per heavy atom. The zero-order chi connectivity index (χ0) is 17.3. The molecule has 24 heavy (non-hydrogen) atoms. The number of nitrogens with two attached hydrogens (primary N) is 1.